The summed E-state index contributed by atoms with van der Waals surface area (Å²) in [7, 11) is 1.76. The molecule has 0 bridgehead atoms. The fraction of sp³-hybridized carbons (Fsp3) is 0.308. The van der Waals surface area contributed by atoms with Gasteiger partial charge in [0.1, 0.15) is 5.76 Å². The molecular formula is C26H29CrO6-. The van der Waals surface area contributed by atoms with Crippen LogP contribution in [0.4, 0.5) is 0 Å². The van der Waals surface area contributed by atoms with Crippen LogP contribution < -0.4 is 0 Å². The van der Waals surface area contributed by atoms with E-state index in [-0.39, 0.29) is 24.8 Å². The molecule has 176 valence electrons. The monoisotopic (exact) mass is 489 g/mol. The van der Waals surface area contributed by atoms with E-state index in [4.69, 9.17) is 28.0 Å². The van der Waals surface area contributed by atoms with Gasteiger partial charge in [-0.15, -0.1) is 0 Å². The van der Waals surface area contributed by atoms with Crippen LogP contribution >= 0.6 is 0 Å². The predicted molar refractivity (Wildman–Crippen MR) is 116 cm³/mol. The molecule has 7 heteroatoms. The molecule has 1 aromatic rings. The first-order valence-corrected chi connectivity index (χ1v) is 9.02. The molecule has 0 heterocycles. The molecule has 6 nitrogen and oxygen atoms in total. The van der Waals surface area contributed by atoms with Crippen LogP contribution in [0.1, 0.15) is 51.0 Å². The van der Waals surface area contributed by atoms with Gasteiger partial charge >= 0.3 is 56.5 Å². The van der Waals surface area contributed by atoms with Gasteiger partial charge in [-0.25, -0.2) is 0 Å². The Bertz CT molecular complexity index is 718. The summed E-state index contributed by atoms with van der Waals surface area (Å²) in [4.78, 5) is 0. The first kappa shape index (κ1) is 44.2. The first-order chi connectivity index (χ1) is 15.3. The van der Waals surface area contributed by atoms with E-state index in [1.807, 2.05) is 0 Å². The Kier molecular flexibility index (Phi) is 49.3. The fourth-order valence-corrected chi connectivity index (χ4v) is 2.92. The van der Waals surface area contributed by atoms with Crippen molar-refractivity contribution in [2.45, 2.75) is 45.4 Å². The third-order valence-electron chi connectivity index (χ3n) is 3.90. The van der Waals surface area contributed by atoms with E-state index >= 15 is 0 Å². The molecule has 0 unspecified atom stereocenters. The van der Waals surface area contributed by atoms with Crippen LogP contribution in [0.5, 0.6) is 0 Å². The van der Waals surface area contributed by atoms with Crippen LogP contribution in [0.25, 0.3) is 0 Å². The third-order valence-corrected chi connectivity index (χ3v) is 3.90. The second kappa shape index (κ2) is 36.8. The average molecular weight is 490 g/mol. The maximum absolute atomic E-state index is 7.50. The van der Waals surface area contributed by atoms with Crippen LogP contribution in [0.15, 0.2) is 65.5 Å². The van der Waals surface area contributed by atoms with Crippen LogP contribution in [0.2, 0.25) is 0 Å². The van der Waals surface area contributed by atoms with Crippen LogP contribution in [0.3, 0.4) is 0 Å². The molecule has 1 aliphatic rings. The maximum Gasteiger partial charge on any atom is 0 e. The van der Waals surface area contributed by atoms with Gasteiger partial charge in [-0.2, -0.15) is 0 Å². The van der Waals surface area contributed by atoms with Gasteiger partial charge in [0.15, 0.2) is 0 Å². The predicted octanol–water partition coefficient (Wildman–Crippen LogP) is 6.03. The van der Waals surface area contributed by atoms with Gasteiger partial charge in [0.05, 0.1) is 7.11 Å². The molecule has 0 amide bonds. The molecule has 0 fully saturated rings. The molecule has 0 saturated heterocycles. The van der Waals surface area contributed by atoms with E-state index in [1.165, 1.54) is 23.1 Å². The van der Waals surface area contributed by atoms with E-state index in [2.05, 4.69) is 95.7 Å². The summed E-state index contributed by atoms with van der Waals surface area (Å²) in [5.41, 5.74) is 4.22. The largest absolute Gasteiger partial charge is 0.358 e. The van der Waals surface area contributed by atoms with Crippen molar-refractivity contribution >= 4 is 0 Å². The van der Waals surface area contributed by atoms with Gasteiger partial charge in [-0.1, -0.05) is 68.7 Å². The molecule has 0 aliphatic heterocycles. The fourth-order valence-electron chi connectivity index (χ4n) is 2.92. The Balaban J connectivity index is -0.000000135. The Morgan fingerprint density at radius 3 is 1.61 bits per heavy atom. The normalized spacial score (nSPS) is 12.0. The zero-order chi connectivity index (χ0) is 25.1. The zero-order valence-electron chi connectivity index (χ0n) is 19.4. The minimum atomic E-state index is 0. The summed E-state index contributed by atoms with van der Waals surface area (Å²) in [6.07, 6.45) is 11.4. The summed E-state index contributed by atoms with van der Waals surface area (Å²) >= 11 is 0. The van der Waals surface area contributed by atoms with E-state index in [0.29, 0.717) is 5.92 Å². The molecule has 0 saturated carbocycles. The summed E-state index contributed by atoms with van der Waals surface area (Å²) in [5, 5.41) is 0. The average Bonchev–Trinajstić information content (AvgIpc) is 3.05. The topological polar surface area (TPSA) is 109 Å². The van der Waals surface area contributed by atoms with Crippen molar-refractivity contribution in [3.8, 4) is 0 Å². The van der Waals surface area contributed by atoms with Crippen molar-refractivity contribution in [1.29, 1.82) is 0 Å². The van der Waals surface area contributed by atoms with Crippen molar-refractivity contribution < 1.29 is 45.4 Å². The first-order valence-electron chi connectivity index (χ1n) is 9.02. The van der Waals surface area contributed by atoms with Crippen LogP contribution in [-0.2, 0) is 45.4 Å². The molecule has 33 heavy (non-hydrogen) atoms. The third kappa shape index (κ3) is 19.9. The van der Waals surface area contributed by atoms with E-state index < -0.39 is 0 Å². The molecule has 0 aromatic heterocycles. The molecule has 2 rings (SSSR count). The number of benzene rings is 1. The molecule has 0 N–H and O–H groups in total. The van der Waals surface area contributed by atoms with Gasteiger partial charge in [0, 0.05) is 23.3 Å². The molecule has 1 aliphatic carbocycles. The van der Waals surface area contributed by atoms with Gasteiger partial charge < -0.3 is 12.2 Å². The number of methoxy groups -OCH3 is 1. The second-order valence-electron chi connectivity index (χ2n) is 5.60. The molecule has 0 spiro atoms. The summed E-state index contributed by atoms with van der Waals surface area (Å²) in [6.45, 7) is 27.0. The van der Waals surface area contributed by atoms with Gasteiger partial charge in [-0.3, -0.25) is 0 Å². The Labute approximate surface area is 209 Å². The molecule has 1 aromatic carbocycles. The number of rotatable bonds is 6. The van der Waals surface area contributed by atoms with Crippen molar-refractivity contribution in [2.75, 3.05) is 7.11 Å². The Morgan fingerprint density at radius 2 is 1.21 bits per heavy atom. The molecular weight excluding hydrogens is 460 g/mol. The number of ether oxygens (including phenoxy) is 1. The summed E-state index contributed by atoms with van der Waals surface area (Å²) in [6, 6.07) is 10.7. The second-order valence-corrected chi connectivity index (χ2v) is 5.60. The standard InChI is InChI=1S/C20H26O.5CO.CH3.Cr/c1-4-9-16-13-18(10-5-2)20(15-19(14-16)21-3)17-11-7-6-8-12-17;5*1-2;;/h6-8,11-15,20H,4-5,9-10H2,1-3H3;;;;;;1H3;/q;;;;;;-1;/t20-;;;;;;;/m0......./s1. The zero-order valence-corrected chi connectivity index (χ0v) is 20.7. The van der Waals surface area contributed by atoms with Gasteiger partial charge in [0.25, 0.3) is 0 Å². The Hall–Kier alpha value is -2.53. The minimum absolute atomic E-state index is 0. The van der Waals surface area contributed by atoms with E-state index in [9.17, 15) is 0 Å². The van der Waals surface area contributed by atoms with Crippen molar-refractivity contribution in [3.05, 3.63) is 112 Å². The summed E-state index contributed by atoms with van der Waals surface area (Å²) < 4.78 is 43.1. The van der Waals surface area contributed by atoms with Crippen molar-refractivity contribution in [2.24, 2.45) is 0 Å². The van der Waals surface area contributed by atoms with Crippen LogP contribution in [-0.4, -0.2) is 7.11 Å². The molecule has 1 atom stereocenters. The van der Waals surface area contributed by atoms with Gasteiger partial charge in [0.2, 0.25) is 0 Å². The maximum atomic E-state index is 7.50. The number of allylic oxidation sites excluding steroid dienone is 5. The minimum Gasteiger partial charge on any atom is -0.358 e. The molecule has 0 radical (unpaired) electrons. The van der Waals surface area contributed by atoms with Crippen molar-refractivity contribution in [1.82, 2.24) is 0 Å². The quantitative estimate of drug-likeness (QED) is 0.353. The van der Waals surface area contributed by atoms with E-state index in [1.54, 1.807) is 7.11 Å². The van der Waals surface area contributed by atoms with Crippen LogP contribution in [0, 0.1) is 40.7 Å². The number of hydrogen-bond acceptors (Lipinski definition) is 1. The van der Waals surface area contributed by atoms with Gasteiger partial charge in [-0.05, 0) is 36.1 Å². The summed E-state index contributed by atoms with van der Waals surface area (Å²) in [5.74, 6) is 1.31. The SMILES string of the molecule is CCCC1=CC(OC)=C[C@@H](c2ccccc2)C(CCC)=C1.[C-]#[O+].[C-]#[O+].[C-]#[O+].[C-]#[O+].[C-]#[O+].[CH3-].[Cr]. The Morgan fingerprint density at radius 1 is 0.758 bits per heavy atom. The smallest absolute Gasteiger partial charge is 0 e. The number of hydrogen-bond donors (Lipinski definition) is 0. The van der Waals surface area contributed by atoms with E-state index in [0.717, 1.165) is 25.0 Å². The van der Waals surface area contributed by atoms with Crippen molar-refractivity contribution in [3.63, 3.8) is 0 Å².